The highest BCUT2D eigenvalue weighted by molar-refractivity contribution is 5.77. The lowest BCUT2D eigenvalue weighted by atomic mass is 10.4. The third kappa shape index (κ3) is 6.86. The van der Waals surface area contributed by atoms with Gasteiger partial charge in [0.15, 0.2) is 0 Å². The third-order valence-electron chi connectivity index (χ3n) is 2.08. The molecule has 4 nitrogen and oxygen atoms in total. The highest BCUT2D eigenvalue weighted by Crippen LogP contribution is 1.84. The number of ether oxygens (including phenoxy) is 1. The van der Waals surface area contributed by atoms with E-state index < -0.39 is 0 Å². The Balaban J connectivity index is 3.38. The molecule has 0 atom stereocenters. The summed E-state index contributed by atoms with van der Waals surface area (Å²) in [5, 5.41) is 2.81. The van der Waals surface area contributed by atoms with Gasteiger partial charge in [0.1, 0.15) is 6.61 Å². The first kappa shape index (κ1) is 13.4. The first-order chi connectivity index (χ1) is 6.74. The fraction of sp³-hybridized carbons (Fsp3) is 0.900. The van der Waals surface area contributed by atoms with E-state index in [9.17, 15) is 4.79 Å². The number of nitrogens with zero attached hydrogens (tertiary/aromatic N) is 1. The fourth-order valence-electron chi connectivity index (χ4n) is 1.14. The summed E-state index contributed by atoms with van der Waals surface area (Å²) in [5.74, 6) is -0.0287. The molecule has 0 saturated carbocycles. The van der Waals surface area contributed by atoms with Crippen molar-refractivity contribution in [3.8, 4) is 0 Å². The lowest BCUT2D eigenvalue weighted by Gasteiger charge is -2.17. The van der Waals surface area contributed by atoms with Gasteiger partial charge in [0.05, 0.1) is 0 Å². The lowest BCUT2D eigenvalue weighted by molar-refractivity contribution is -0.125. The van der Waals surface area contributed by atoms with Crippen molar-refractivity contribution >= 4 is 5.91 Å². The molecule has 1 N–H and O–H groups in total. The van der Waals surface area contributed by atoms with Crippen molar-refractivity contribution in [2.75, 3.05) is 39.4 Å². The Morgan fingerprint density at radius 3 is 2.43 bits per heavy atom. The second kappa shape index (κ2) is 8.97. The first-order valence-electron chi connectivity index (χ1n) is 5.31. The molecule has 0 aromatic heterocycles. The minimum absolute atomic E-state index is 0.0287. The summed E-state index contributed by atoms with van der Waals surface area (Å²) in [6.07, 6.45) is 0. The van der Waals surface area contributed by atoms with Crippen molar-refractivity contribution < 1.29 is 9.53 Å². The van der Waals surface area contributed by atoms with Crippen LogP contribution in [-0.4, -0.2) is 50.2 Å². The van der Waals surface area contributed by atoms with Crippen molar-refractivity contribution in [2.45, 2.75) is 20.8 Å². The van der Waals surface area contributed by atoms with Crippen LogP contribution in [0.25, 0.3) is 0 Å². The van der Waals surface area contributed by atoms with Crippen LogP contribution in [-0.2, 0) is 9.53 Å². The molecule has 84 valence electrons. The molecule has 0 fully saturated rings. The molecule has 0 bridgehead atoms. The Hall–Kier alpha value is -0.610. The molecule has 14 heavy (non-hydrogen) atoms. The summed E-state index contributed by atoms with van der Waals surface area (Å²) in [6, 6.07) is 0. The van der Waals surface area contributed by atoms with Gasteiger partial charge in [-0.15, -0.1) is 0 Å². The number of hydrogen-bond donors (Lipinski definition) is 1. The molecule has 0 rings (SSSR count). The average Bonchev–Trinajstić information content (AvgIpc) is 2.21. The van der Waals surface area contributed by atoms with Crippen molar-refractivity contribution in [2.24, 2.45) is 0 Å². The highest BCUT2D eigenvalue weighted by Gasteiger charge is 2.01. The maximum atomic E-state index is 11.1. The number of carbonyl (C=O) groups is 1. The van der Waals surface area contributed by atoms with E-state index in [1.54, 1.807) is 0 Å². The van der Waals surface area contributed by atoms with Crippen molar-refractivity contribution in [3.05, 3.63) is 0 Å². The van der Waals surface area contributed by atoms with E-state index in [4.69, 9.17) is 4.74 Å². The smallest absolute Gasteiger partial charge is 0.246 e. The van der Waals surface area contributed by atoms with E-state index in [2.05, 4.69) is 24.1 Å². The standard InChI is InChI=1S/C10H22N2O2/c1-4-12(5-2)8-7-11-10(13)9-14-6-3/h4-9H2,1-3H3,(H,11,13). The van der Waals surface area contributed by atoms with Crippen LogP contribution in [0.15, 0.2) is 0 Å². The van der Waals surface area contributed by atoms with E-state index >= 15 is 0 Å². The van der Waals surface area contributed by atoms with E-state index in [0.717, 1.165) is 19.6 Å². The van der Waals surface area contributed by atoms with Crippen LogP contribution < -0.4 is 5.32 Å². The lowest BCUT2D eigenvalue weighted by Crippen LogP contribution is -2.36. The molecule has 0 saturated heterocycles. The fourth-order valence-corrected chi connectivity index (χ4v) is 1.14. The molecule has 0 radical (unpaired) electrons. The van der Waals surface area contributed by atoms with Gasteiger partial charge in [0, 0.05) is 19.7 Å². The van der Waals surface area contributed by atoms with Crippen molar-refractivity contribution in [3.63, 3.8) is 0 Å². The second-order valence-electron chi connectivity index (χ2n) is 3.01. The molecule has 1 amide bonds. The van der Waals surface area contributed by atoms with Gasteiger partial charge in [-0.05, 0) is 20.0 Å². The second-order valence-corrected chi connectivity index (χ2v) is 3.01. The summed E-state index contributed by atoms with van der Waals surface area (Å²) in [5.41, 5.74) is 0. The Kier molecular flexibility index (Phi) is 8.57. The van der Waals surface area contributed by atoms with Crippen LogP contribution in [0.2, 0.25) is 0 Å². The van der Waals surface area contributed by atoms with E-state index in [0.29, 0.717) is 13.2 Å². The zero-order valence-corrected chi connectivity index (χ0v) is 9.51. The molecule has 0 aromatic rings. The first-order valence-corrected chi connectivity index (χ1v) is 5.31. The molecule has 0 aliphatic heterocycles. The molecular formula is C10H22N2O2. The monoisotopic (exact) mass is 202 g/mol. The number of likely N-dealkylation sites (N-methyl/N-ethyl adjacent to an activating group) is 1. The van der Waals surface area contributed by atoms with Gasteiger partial charge >= 0.3 is 0 Å². The van der Waals surface area contributed by atoms with Crippen LogP contribution >= 0.6 is 0 Å². The topological polar surface area (TPSA) is 41.6 Å². The maximum Gasteiger partial charge on any atom is 0.246 e. The average molecular weight is 202 g/mol. The van der Waals surface area contributed by atoms with Gasteiger partial charge in [-0.25, -0.2) is 0 Å². The van der Waals surface area contributed by atoms with Crippen LogP contribution in [0.4, 0.5) is 0 Å². The van der Waals surface area contributed by atoms with Gasteiger partial charge in [-0.3, -0.25) is 4.79 Å². The van der Waals surface area contributed by atoms with E-state index in [1.807, 2.05) is 6.92 Å². The zero-order valence-electron chi connectivity index (χ0n) is 9.51. The largest absolute Gasteiger partial charge is 0.372 e. The van der Waals surface area contributed by atoms with Crippen LogP contribution in [0.3, 0.4) is 0 Å². The summed E-state index contributed by atoms with van der Waals surface area (Å²) < 4.78 is 4.98. The molecular weight excluding hydrogens is 180 g/mol. The van der Waals surface area contributed by atoms with Gasteiger partial charge in [0.25, 0.3) is 0 Å². The minimum Gasteiger partial charge on any atom is -0.372 e. The van der Waals surface area contributed by atoms with E-state index in [-0.39, 0.29) is 12.5 Å². The van der Waals surface area contributed by atoms with Crippen molar-refractivity contribution in [1.82, 2.24) is 10.2 Å². The van der Waals surface area contributed by atoms with Crippen LogP contribution in [0.1, 0.15) is 20.8 Å². The summed E-state index contributed by atoms with van der Waals surface area (Å²) in [6.45, 7) is 10.5. The van der Waals surface area contributed by atoms with Gasteiger partial charge in [-0.2, -0.15) is 0 Å². The Morgan fingerprint density at radius 1 is 1.29 bits per heavy atom. The number of amides is 1. The molecule has 0 aromatic carbocycles. The summed E-state index contributed by atoms with van der Waals surface area (Å²) in [4.78, 5) is 13.4. The molecule has 0 aliphatic carbocycles. The number of carbonyl (C=O) groups excluding carboxylic acids is 1. The Labute approximate surface area is 86.6 Å². The normalized spacial score (nSPS) is 10.6. The van der Waals surface area contributed by atoms with Crippen LogP contribution in [0.5, 0.6) is 0 Å². The van der Waals surface area contributed by atoms with Crippen LogP contribution in [0, 0.1) is 0 Å². The number of rotatable bonds is 8. The van der Waals surface area contributed by atoms with Gasteiger partial charge in [0.2, 0.25) is 5.91 Å². The third-order valence-corrected chi connectivity index (χ3v) is 2.08. The number of nitrogens with one attached hydrogen (secondary N) is 1. The predicted octanol–water partition coefficient (Wildman–Crippen LogP) is 0.481. The zero-order chi connectivity index (χ0) is 10.8. The number of hydrogen-bond acceptors (Lipinski definition) is 3. The summed E-state index contributed by atoms with van der Waals surface area (Å²) >= 11 is 0. The van der Waals surface area contributed by atoms with E-state index in [1.165, 1.54) is 0 Å². The SMILES string of the molecule is CCOCC(=O)NCCN(CC)CC. The van der Waals surface area contributed by atoms with Crippen molar-refractivity contribution in [1.29, 1.82) is 0 Å². The minimum atomic E-state index is -0.0287. The quantitative estimate of drug-likeness (QED) is 0.622. The Bertz CT molecular complexity index is 147. The molecule has 0 aliphatic rings. The molecule has 0 unspecified atom stereocenters. The Morgan fingerprint density at radius 2 is 1.93 bits per heavy atom. The maximum absolute atomic E-state index is 11.1. The van der Waals surface area contributed by atoms with Gasteiger partial charge < -0.3 is 15.0 Å². The molecule has 0 spiro atoms. The highest BCUT2D eigenvalue weighted by atomic mass is 16.5. The summed E-state index contributed by atoms with van der Waals surface area (Å²) in [7, 11) is 0. The molecule has 4 heteroatoms. The van der Waals surface area contributed by atoms with Gasteiger partial charge in [-0.1, -0.05) is 13.8 Å². The molecule has 0 heterocycles. The predicted molar refractivity (Wildman–Crippen MR) is 57.3 cm³/mol.